The molecule has 0 fully saturated rings. The average molecular weight is 370 g/mol. The number of amides is 2. The normalized spacial score (nSPS) is 10.3. The van der Waals surface area contributed by atoms with Gasteiger partial charge in [-0.2, -0.15) is 0 Å². The van der Waals surface area contributed by atoms with E-state index in [2.05, 4.69) is 17.6 Å². The number of nitrogens with one attached hydrogen (secondary N) is 2. The van der Waals surface area contributed by atoms with Crippen LogP contribution in [0.5, 0.6) is 5.75 Å². The molecule has 0 aromatic heterocycles. The van der Waals surface area contributed by atoms with Crippen molar-refractivity contribution >= 4 is 17.5 Å². The first-order chi connectivity index (χ1) is 13.2. The number of anilines is 1. The Balaban J connectivity index is 2.02. The molecule has 2 aromatic rings. The fraction of sp³-hybridized carbons (Fsp3) is 0.333. The standard InChI is InChI=1S/C21H26N2O4/c1-3-4-13-22-21(25)18-7-5-6-8-19(18)23-20(24)16-9-11-17(12-10-16)27-15-14-26-2/h5-12H,3-4,13-15H2,1-2H3,(H,22,25)(H,23,24). The van der Waals surface area contributed by atoms with Crippen LogP contribution >= 0.6 is 0 Å². The Morgan fingerprint density at radius 2 is 1.70 bits per heavy atom. The van der Waals surface area contributed by atoms with E-state index in [0.29, 0.717) is 42.3 Å². The van der Waals surface area contributed by atoms with E-state index < -0.39 is 0 Å². The van der Waals surface area contributed by atoms with Gasteiger partial charge in [-0.15, -0.1) is 0 Å². The van der Waals surface area contributed by atoms with Gasteiger partial charge in [0.25, 0.3) is 11.8 Å². The van der Waals surface area contributed by atoms with E-state index in [4.69, 9.17) is 9.47 Å². The van der Waals surface area contributed by atoms with Gasteiger partial charge in [-0.25, -0.2) is 0 Å². The number of rotatable bonds is 10. The van der Waals surface area contributed by atoms with E-state index in [1.54, 1.807) is 55.6 Å². The molecule has 6 nitrogen and oxygen atoms in total. The number of methoxy groups -OCH3 is 1. The quantitative estimate of drug-likeness (QED) is 0.628. The van der Waals surface area contributed by atoms with Gasteiger partial charge in [0.05, 0.1) is 17.9 Å². The lowest BCUT2D eigenvalue weighted by Crippen LogP contribution is -2.26. The van der Waals surface area contributed by atoms with Crippen LogP contribution in [-0.4, -0.2) is 38.7 Å². The minimum Gasteiger partial charge on any atom is -0.491 e. The summed E-state index contributed by atoms with van der Waals surface area (Å²) in [5.41, 5.74) is 1.41. The molecule has 0 aliphatic heterocycles. The topological polar surface area (TPSA) is 76.7 Å². The van der Waals surface area contributed by atoms with Gasteiger partial charge in [0.15, 0.2) is 0 Å². The first-order valence-electron chi connectivity index (χ1n) is 9.06. The molecular formula is C21H26N2O4. The lowest BCUT2D eigenvalue weighted by molar-refractivity contribution is 0.0954. The van der Waals surface area contributed by atoms with Crippen LogP contribution in [0.4, 0.5) is 5.69 Å². The van der Waals surface area contributed by atoms with Gasteiger partial charge in [0.1, 0.15) is 12.4 Å². The maximum Gasteiger partial charge on any atom is 0.255 e. The number of carbonyl (C=O) groups is 2. The molecule has 0 saturated heterocycles. The molecule has 0 heterocycles. The highest BCUT2D eigenvalue weighted by Gasteiger charge is 2.13. The predicted molar refractivity (Wildman–Crippen MR) is 105 cm³/mol. The summed E-state index contributed by atoms with van der Waals surface area (Å²) in [6, 6.07) is 13.8. The van der Waals surface area contributed by atoms with Gasteiger partial charge in [-0.3, -0.25) is 9.59 Å². The van der Waals surface area contributed by atoms with Crippen molar-refractivity contribution in [3.8, 4) is 5.75 Å². The molecule has 2 N–H and O–H groups in total. The molecule has 0 bridgehead atoms. The number of para-hydroxylation sites is 1. The smallest absolute Gasteiger partial charge is 0.255 e. The van der Waals surface area contributed by atoms with Crippen LogP contribution < -0.4 is 15.4 Å². The van der Waals surface area contributed by atoms with E-state index in [1.165, 1.54) is 0 Å². The second-order valence-electron chi connectivity index (χ2n) is 5.97. The summed E-state index contributed by atoms with van der Waals surface area (Å²) in [5.74, 6) is 0.188. The Hall–Kier alpha value is -2.86. The van der Waals surface area contributed by atoms with Crippen LogP contribution in [0.15, 0.2) is 48.5 Å². The Labute approximate surface area is 159 Å². The van der Waals surface area contributed by atoms with E-state index in [1.807, 2.05) is 0 Å². The van der Waals surface area contributed by atoms with Gasteiger partial charge in [0, 0.05) is 19.2 Å². The zero-order valence-corrected chi connectivity index (χ0v) is 15.8. The zero-order chi connectivity index (χ0) is 19.5. The molecule has 2 aromatic carbocycles. The molecule has 0 radical (unpaired) electrons. The van der Waals surface area contributed by atoms with Crippen molar-refractivity contribution in [1.29, 1.82) is 0 Å². The molecule has 0 aliphatic carbocycles. The molecule has 0 saturated carbocycles. The Kier molecular flexibility index (Phi) is 8.32. The van der Waals surface area contributed by atoms with E-state index in [0.717, 1.165) is 12.8 Å². The summed E-state index contributed by atoms with van der Waals surface area (Å²) in [4.78, 5) is 24.9. The molecular weight excluding hydrogens is 344 g/mol. The zero-order valence-electron chi connectivity index (χ0n) is 15.8. The summed E-state index contributed by atoms with van der Waals surface area (Å²) in [6.45, 7) is 3.62. The van der Waals surface area contributed by atoms with E-state index >= 15 is 0 Å². The number of unbranched alkanes of at least 4 members (excludes halogenated alkanes) is 1. The first kappa shape index (κ1) is 20.5. The summed E-state index contributed by atoms with van der Waals surface area (Å²) >= 11 is 0. The highest BCUT2D eigenvalue weighted by atomic mass is 16.5. The van der Waals surface area contributed by atoms with Crippen LogP contribution in [0.3, 0.4) is 0 Å². The van der Waals surface area contributed by atoms with Crippen molar-refractivity contribution in [2.24, 2.45) is 0 Å². The number of ether oxygens (including phenoxy) is 2. The van der Waals surface area contributed by atoms with Crippen molar-refractivity contribution in [1.82, 2.24) is 5.32 Å². The highest BCUT2D eigenvalue weighted by Crippen LogP contribution is 2.18. The molecule has 0 spiro atoms. The lowest BCUT2D eigenvalue weighted by atomic mass is 10.1. The Morgan fingerprint density at radius 1 is 0.963 bits per heavy atom. The molecule has 0 unspecified atom stereocenters. The number of hydrogen-bond acceptors (Lipinski definition) is 4. The number of carbonyl (C=O) groups excluding carboxylic acids is 2. The second-order valence-corrected chi connectivity index (χ2v) is 5.97. The van der Waals surface area contributed by atoms with Crippen molar-refractivity contribution in [2.45, 2.75) is 19.8 Å². The predicted octanol–water partition coefficient (Wildman–Crippen LogP) is 3.49. The fourth-order valence-electron chi connectivity index (χ4n) is 2.40. The molecule has 0 atom stereocenters. The second kappa shape index (κ2) is 11.0. The lowest BCUT2D eigenvalue weighted by Gasteiger charge is -2.12. The largest absolute Gasteiger partial charge is 0.491 e. The van der Waals surface area contributed by atoms with E-state index in [-0.39, 0.29) is 11.8 Å². The van der Waals surface area contributed by atoms with Crippen molar-refractivity contribution in [3.63, 3.8) is 0 Å². The van der Waals surface area contributed by atoms with Gasteiger partial charge in [-0.05, 0) is 42.8 Å². The van der Waals surface area contributed by atoms with Crippen molar-refractivity contribution in [3.05, 3.63) is 59.7 Å². The minimum absolute atomic E-state index is 0.193. The van der Waals surface area contributed by atoms with Gasteiger partial charge < -0.3 is 20.1 Å². The number of benzene rings is 2. The first-order valence-corrected chi connectivity index (χ1v) is 9.06. The van der Waals surface area contributed by atoms with Gasteiger partial charge >= 0.3 is 0 Å². The maximum absolute atomic E-state index is 12.5. The third kappa shape index (κ3) is 6.42. The summed E-state index contributed by atoms with van der Waals surface area (Å²) < 4.78 is 10.4. The monoisotopic (exact) mass is 370 g/mol. The molecule has 6 heteroatoms. The van der Waals surface area contributed by atoms with E-state index in [9.17, 15) is 9.59 Å². The highest BCUT2D eigenvalue weighted by molar-refractivity contribution is 6.09. The van der Waals surface area contributed by atoms with Crippen LogP contribution in [0.2, 0.25) is 0 Å². The minimum atomic E-state index is -0.285. The van der Waals surface area contributed by atoms with Crippen molar-refractivity contribution in [2.75, 3.05) is 32.2 Å². The third-order valence-electron chi connectivity index (χ3n) is 3.91. The Bertz CT molecular complexity index is 744. The van der Waals surface area contributed by atoms with Crippen molar-refractivity contribution < 1.29 is 19.1 Å². The number of hydrogen-bond donors (Lipinski definition) is 2. The molecule has 144 valence electrons. The van der Waals surface area contributed by atoms with Crippen LogP contribution in [0, 0.1) is 0 Å². The average Bonchev–Trinajstić information content (AvgIpc) is 2.69. The van der Waals surface area contributed by atoms with Gasteiger partial charge in [-0.1, -0.05) is 25.5 Å². The Morgan fingerprint density at radius 3 is 2.41 bits per heavy atom. The molecule has 2 amide bonds. The maximum atomic E-state index is 12.5. The van der Waals surface area contributed by atoms with Gasteiger partial charge in [0.2, 0.25) is 0 Å². The molecule has 2 rings (SSSR count). The van der Waals surface area contributed by atoms with Crippen LogP contribution in [0.25, 0.3) is 0 Å². The fourth-order valence-corrected chi connectivity index (χ4v) is 2.40. The molecule has 27 heavy (non-hydrogen) atoms. The summed E-state index contributed by atoms with van der Waals surface area (Å²) in [6.07, 6.45) is 1.92. The molecule has 0 aliphatic rings. The summed E-state index contributed by atoms with van der Waals surface area (Å²) in [5, 5.41) is 5.68. The summed E-state index contributed by atoms with van der Waals surface area (Å²) in [7, 11) is 1.61. The van der Waals surface area contributed by atoms with Crippen LogP contribution in [0.1, 0.15) is 40.5 Å². The third-order valence-corrected chi connectivity index (χ3v) is 3.91. The van der Waals surface area contributed by atoms with Crippen LogP contribution in [-0.2, 0) is 4.74 Å². The SMILES string of the molecule is CCCCNC(=O)c1ccccc1NC(=O)c1ccc(OCCOC)cc1.